The Morgan fingerprint density at radius 2 is 1.64 bits per heavy atom. The molecule has 3 heterocycles. The van der Waals surface area contributed by atoms with Gasteiger partial charge in [-0.05, 0) is 18.6 Å². The number of rotatable bonds is 2. The fourth-order valence-electron chi connectivity index (χ4n) is 3.27. The lowest BCUT2D eigenvalue weighted by molar-refractivity contribution is -0.136. The van der Waals surface area contributed by atoms with Gasteiger partial charge in [-0.2, -0.15) is 0 Å². The third-order valence-corrected chi connectivity index (χ3v) is 4.58. The highest BCUT2D eigenvalue weighted by molar-refractivity contribution is 6.23. The van der Waals surface area contributed by atoms with Crippen LogP contribution in [0.15, 0.2) is 12.1 Å². The van der Waals surface area contributed by atoms with E-state index in [-0.39, 0.29) is 48.5 Å². The fraction of sp³-hybridized carbons (Fsp3) is 0.312. The first-order valence-corrected chi connectivity index (χ1v) is 7.68. The molecule has 2 saturated heterocycles. The molecule has 1 atom stereocenters. The Balaban J connectivity index is 1.69. The summed E-state index contributed by atoms with van der Waals surface area (Å²) in [4.78, 5) is 61.7. The Labute approximate surface area is 140 Å². The van der Waals surface area contributed by atoms with E-state index in [9.17, 15) is 28.4 Å². The van der Waals surface area contributed by atoms with Crippen LogP contribution in [0.1, 0.15) is 33.6 Å². The standard InChI is InChI=1S/C16H12FN3O5/c17-10-3-8-9(4-12(10)19-5-7(21)6-19)16(25)20(15(8)24)11-1-2-13(22)18-14(11)23/h3-4,11H,1-2,5-6H2,(H,18,22,23). The number of carbonyl (C=O) groups is 5. The maximum atomic E-state index is 14.3. The molecule has 0 aromatic heterocycles. The van der Waals surface area contributed by atoms with E-state index in [0.29, 0.717) is 0 Å². The van der Waals surface area contributed by atoms with Crippen LogP contribution in [-0.4, -0.2) is 53.4 Å². The minimum Gasteiger partial charge on any atom is -0.354 e. The van der Waals surface area contributed by atoms with Crippen LogP contribution in [0.4, 0.5) is 10.1 Å². The minimum atomic E-state index is -1.10. The number of Topliss-reactive ketones (excluding diaryl/α,β-unsaturated/α-hetero) is 1. The van der Waals surface area contributed by atoms with Gasteiger partial charge in [0, 0.05) is 6.42 Å². The predicted octanol–water partition coefficient (Wildman–Crippen LogP) is -0.384. The van der Waals surface area contributed by atoms with Crippen molar-refractivity contribution in [2.75, 3.05) is 18.0 Å². The van der Waals surface area contributed by atoms with Gasteiger partial charge in [0.1, 0.15) is 11.9 Å². The van der Waals surface area contributed by atoms with E-state index in [2.05, 4.69) is 5.32 Å². The van der Waals surface area contributed by atoms with E-state index in [1.54, 1.807) is 0 Å². The maximum absolute atomic E-state index is 14.3. The lowest BCUT2D eigenvalue weighted by atomic mass is 10.0. The molecule has 4 rings (SSSR count). The summed E-state index contributed by atoms with van der Waals surface area (Å²) in [6.07, 6.45) is 0.0470. The summed E-state index contributed by atoms with van der Waals surface area (Å²) in [7, 11) is 0. The number of nitrogens with one attached hydrogen (secondary N) is 1. The van der Waals surface area contributed by atoms with Crippen molar-refractivity contribution in [3.8, 4) is 0 Å². The van der Waals surface area contributed by atoms with Crippen LogP contribution in [-0.2, 0) is 14.4 Å². The molecule has 0 bridgehead atoms. The zero-order chi connectivity index (χ0) is 17.9. The second kappa shape index (κ2) is 5.20. The number of piperidine rings is 1. The van der Waals surface area contributed by atoms with Gasteiger partial charge in [0.15, 0.2) is 5.78 Å². The monoisotopic (exact) mass is 345 g/mol. The number of imide groups is 2. The summed E-state index contributed by atoms with van der Waals surface area (Å²) in [5.41, 5.74) is -0.0575. The van der Waals surface area contributed by atoms with E-state index < -0.39 is 35.5 Å². The normalized spacial score (nSPS) is 22.9. The topological polar surface area (TPSA) is 104 Å². The number of carbonyl (C=O) groups excluding carboxylic acids is 5. The lowest BCUT2D eigenvalue weighted by Crippen LogP contribution is -2.54. The van der Waals surface area contributed by atoms with E-state index in [1.165, 1.54) is 11.0 Å². The van der Waals surface area contributed by atoms with E-state index >= 15 is 0 Å². The average Bonchev–Trinajstić information content (AvgIpc) is 2.75. The zero-order valence-electron chi connectivity index (χ0n) is 12.9. The van der Waals surface area contributed by atoms with Crippen molar-refractivity contribution in [1.29, 1.82) is 0 Å². The molecule has 1 unspecified atom stereocenters. The minimum absolute atomic E-state index is 0.00884. The molecule has 0 spiro atoms. The first-order chi connectivity index (χ1) is 11.9. The predicted molar refractivity (Wildman–Crippen MR) is 80.3 cm³/mol. The van der Waals surface area contributed by atoms with Crippen molar-refractivity contribution in [2.24, 2.45) is 0 Å². The summed E-state index contributed by atoms with van der Waals surface area (Å²) >= 11 is 0. The smallest absolute Gasteiger partial charge is 0.262 e. The highest BCUT2D eigenvalue weighted by Crippen LogP contribution is 2.33. The van der Waals surface area contributed by atoms with Crippen LogP contribution in [0.2, 0.25) is 0 Å². The highest BCUT2D eigenvalue weighted by atomic mass is 19.1. The molecule has 9 heteroatoms. The first-order valence-electron chi connectivity index (χ1n) is 7.68. The summed E-state index contributed by atoms with van der Waals surface area (Å²) < 4.78 is 14.3. The maximum Gasteiger partial charge on any atom is 0.262 e. The second-order valence-corrected chi connectivity index (χ2v) is 6.19. The first kappa shape index (κ1) is 15.4. The van der Waals surface area contributed by atoms with E-state index in [1.807, 2.05) is 0 Å². The largest absolute Gasteiger partial charge is 0.354 e. The Kier molecular flexibility index (Phi) is 3.21. The number of halogens is 1. The number of amides is 4. The van der Waals surface area contributed by atoms with Crippen molar-refractivity contribution in [2.45, 2.75) is 18.9 Å². The van der Waals surface area contributed by atoms with Gasteiger partial charge in [0.05, 0.1) is 29.9 Å². The van der Waals surface area contributed by atoms with Crippen molar-refractivity contribution in [1.82, 2.24) is 10.2 Å². The van der Waals surface area contributed by atoms with E-state index in [0.717, 1.165) is 11.0 Å². The molecule has 25 heavy (non-hydrogen) atoms. The number of hydrogen-bond donors (Lipinski definition) is 1. The quantitative estimate of drug-likeness (QED) is 0.733. The molecule has 1 aromatic carbocycles. The molecule has 2 fully saturated rings. The molecule has 0 aliphatic carbocycles. The van der Waals surface area contributed by atoms with Gasteiger partial charge in [0.25, 0.3) is 11.8 Å². The van der Waals surface area contributed by atoms with Crippen molar-refractivity contribution < 1.29 is 28.4 Å². The second-order valence-electron chi connectivity index (χ2n) is 6.19. The highest BCUT2D eigenvalue weighted by Gasteiger charge is 2.45. The van der Waals surface area contributed by atoms with Gasteiger partial charge in [-0.1, -0.05) is 0 Å². The molecule has 0 saturated carbocycles. The van der Waals surface area contributed by atoms with Gasteiger partial charge in [-0.25, -0.2) is 4.39 Å². The number of fused-ring (bicyclic) bond motifs is 1. The van der Waals surface area contributed by atoms with Crippen LogP contribution in [0.25, 0.3) is 0 Å². The van der Waals surface area contributed by atoms with E-state index in [4.69, 9.17) is 0 Å². The zero-order valence-corrected chi connectivity index (χ0v) is 12.9. The van der Waals surface area contributed by atoms with Gasteiger partial charge in [-0.3, -0.25) is 34.2 Å². The summed E-state index contributed by atoms with van der Waals surface area (Å²) in [6, 6.07) is 1.10. The number of hydrogen-bond acceptors (Lipinski definition) is 6. The van der Waals surface area contributed by atoms with Gasteiger partial charge >= 0.3 is 0 Å². The Morgan fingerprint density at radius 3 is 2.24 bits per heavy atom. The number of anilines is 1. The molecule has 4 amide bonds. The molecule has 0 radical (unpaired) electrons. The van der Waals surface area contributed by atoms with Gasteiger partial charge in [0.2, 0.25) is 11.8 Å². The van der Waals surface area contributed by atoms with Gasteiger partial charge in [-0.15, -0.1) is 0 Å². The Bertz CT molecular complexity index is 873. The van der Waals surface area contributed by atoms with Crippen LogP contribution in [0.3, 0.4) is 0 Å². The average molecular weight is 345 g/mol. The van der Waals surface area contributed by atoms with Crippen molar-refractivity contribution >= 4 is 35.1 Å². The van der Waals surface area contributed by atoms with Crippen LogP contribution >= 0.6 is 0 Å². The van der Waals surface area contributed by atoms with Crippen LogP contribution < -0.4 is 10.2 Å². The molecule has 3 aliphatic rings. The molecule has 8 nitrogen and oxygen atoms in total. The van der Waals surface area contributed by atoms with Crippen molar-refractivity contribution in [3.05, 3.63) is 29.1 Å². The summed E-state index contributed by atoms with van der Waals surface area (Å²) in [5.74, 6) is -3.42. The lowest BCUT2D eigenvalue weighted by Gasteiger charge is -2.31. The third kappa shape index (κ3) is 2.23. The van der Waals surface area contributed by atoms with Crippen molar-refractivity contribution in [3.63, 3.8) is 0 Å². The molecule has 128 valence electrons. The fourth-order valence-corrected chi connectivity index (χ4v) is 3.27. The number of nitrogens with zero attached hydrogens (tertiary/aromatic N) is 2. The Hall–Kier alpha value is -3.10. The van der Waals surface area contributed by atoms with Crippen LogP contribution in [0, 0.1) is 5.82 Å². The Morgan fingerprint density at radius 1 is 1.00 bits per heavy atom. The third-order valence-electron chi connectivity index (χ3n) is 4.58. The number of ketones is 1. The molecular weight excluding hydrogens is 333 g/mol. The number of benzene rings is 1. The molecule has 1 N–H and O–H groups in total. The summed E-state index contributed by atoms with van der Waals surface area (Å²) in [6.45, 7) is 0.101. The molecular formula is C16H12FN3O5. The SMILES string of the molecule is O=C1CN(c2cc3c(cc2F)C(=O)N(C2CCC(=O)NC2=O)C3=O)C1. The molecule has 3 aliphatic heterocycles. The van der Waals surface area contributed by atoms with Crippen LogP contribution in [0.5, 0.6) is 0 Å². The summed E-state index contributed by atoms with van der Waals surface area (Å²) in [5, 5.41) is 2.09. The van der Waals surface area contributed by atoms with Gasteiger partial charge < -0.3 is 4.90 Å². The molecule has 1 aromatic rings.